The Kier molecular flexibility index (Phi) is 3.34. The van der Waals surface area contributed by atoms with E-state index in [-0.39, 0.29) is 40.3 Å². The summed E-state index contributed by atoms with van der Waals surface area (Å²) in [7, 11) is -0.0601. The van der Waals surface area contributed by atoms with Crippen molar-refractivity contribution in [1.29, 1.82) is 0 Å². The van der Waals surface area contributed by atoms with Crippen molar-refractivity contribution in [2.24, 2.45) is 0 Å². The van der Waals surface area contributed by atoms with E-state index in [2.05, 4.69) is 15.3 Å². The zero-order valence-corrected chi connectivity index (χ0v) is 14.2. The van der Waals surface area contributed by atoms with E-state index in [9.17, 15) is 0 Å². The van der Waals surface area contributed by atoms with E-state index in [0.29, 0.717) is 10.9 Å². The number of anilines is 3. The largest absolute Gasteiger partial charge is 0.493 e. The normalized spacial score (nSPS) is 14.5. The third-order valence-electron chi connectivity index (χ3n) is 3.66. The van der Waals surface area contributed by atoms with Gasteiger partial charge in [0.1, 0.15) is 5.82 Å². The summed E-state index contributed by atoms with van der Waals surface area (Å²) in [6.07, 6.45) is 0. The topological polar surface area (TPSA) is 118 Å². The minimum atomic E-state index is -2.72. The first-order chi connectivity index (χ1) is 14.4. The van der Waals surface area contributed by atoms with Crippen LogP contribution in [-0.4, -0.2) is 31.2 Å². The zero-order valence-electron chi connectivity index (χ0n) is 19.2. The van der Waals surface area contributed by atoms with Gasteiger partial charge in [-0.05, 0) is 17.7 Å². The van der Waals surface area contributed by atoms with Gasteiger partial charge in [0.2, 0.25) is 11.7 Å². The van der Waals surface area contributed by atoms with Gasteiger partial charge >= 0.3 is 0 Å². The summed E-state index contributed by atoms with van der Waals surface area (Å²) in [4.78, 5) is 7.98. The summed E-state index contributed by atoms with van der Waals surface area (Å²) in [6.45, 7) is -2.07. The van der Waals surface area contributed by atoms with Gasteiger partial charge in [0, 0.05) is 29.7 Å². The van der Waals surface area contributed by atoms with Crippen LogP contribution in [0.1, 0.15) is 12.4 Å². The Morgan fingerprint density at radius 2 is 1.81 bits per heavy atom. The number of nitrogens with two attached hydrogens (primary N) is 2. The molecule has 8 heteroatoms. The van der Waals surface area contributed by atoms with E-state index in [1.54, 1.807) is 12.1 Å². The average Bonchev–Trinajstić information content (AvgIpc) is 2.67. The van der Waals surface area contributed by atoms with Gasteiger partial charge in [0.05, 0.1) is 33.6 Å². The van der Waals surface area contributed by atoms with Gasteiger partial charge in [0.25, 0.3) is 0 Å². The van der Waals surface area contributed by atoms with Crippen LogP contribution in [0.5, 0.6) is 17.2 Å². The average molecular weight is 360 g/mol. The summed E-state index contributed by atoms with van der Waals surface area (Å²) in [5.41, 5.74) is 12.5. The van der Waals surface area contributed by atoms with E-state index < -0.39 is 13.5 Å². The van der Waals surface area contributed by atoms with E-state index >= 15 is 0 Å². The molecular formula is C18H21N5O3. The van der Waals surface area contributed by atoms with Crippen molar-refractivity contribution in [2.75, 3.05) is 38.0 Å². The van der Waals surface area contributed by atoms with Crippen molar-refractivity contribution in [3.8, 4) is 17.2 Å². The maximum Gasteiger partial charge on any atom is 0.222 e. The molecule has 1 aromatic heterocycles. The first-order valence-corrected chi connectivity index (χ1v) is 7.50. The van der Waals surface area contributed by atoms with Crippen LogP contribution < -0.4 is 31.0 Å². The molecule has 2 aromatic carbocycles. The van der Waals surface area contributed by atoms with Crippen LogP contribution in [0.3, 0.4) is 0 Å². The molecule has 0 radical (unpaired) electrons. The zero-order chi connectivity index (χ0) is 23.0. The Labute approximate surface area is 158 Å². The van der Waals surface area contributed by atoms with Crippen molar-refractivity contribution in [1.82, 2.24) is 9.97 Å². The van der Waals surface area contributed by atoms with Crippen LogP contribution in [0.25, 0.3) is 10.9 Å². The molecule has 3 rings (SSSR count). The molecule has 1 heterocycles. The molecule has 0 unspecified atom stereocenters. The summed E-state index contributed by atoms with van der Waals surface area (Å²) >= 11 is 0. The molecule has 3 aromatic rings. The Balaban J connectivity index is 2.00. The van der Waals surface area contributed by atoms with Crippen LogP contribution in [0.4, 0.5) is 17.5 Å². The predicted octanol–water partition coefficient (Wildman–Crippen LogP) is 2.43. The molecule has 0 saturated heterocycles. The number of nitrogens with zero attached hydrogens (tertiary/aromatic N) is 2. The fraction of sp³-hybridized carbons (Fsp3) is 0.222. The number of benzene rings is 2. The lowest BCUT2D eigenvalue weighted by Crippen LogP contribution is -2.03. The van der Waals surface area contributed by atoms with Gasteiger partial charge < -0.3 is 31.0 Å². The third-order valence-corrected chi connectivity index (χ3v) is 3.66. The number of fused-ring (bicyclic) bond motifs is 1. The summed E-state index contributed by atoms with van der Waals surface area (Å²) in [6, 6.07) is 7.47. The minimum Gasteiger partial charge on any atom is -0.493 e. The number of methoxy groups -OCH3 is 3. The SMILES string of the molecule is [2H]C([2H])([2H])Oc1c(OC)cc(NC([2H])([2H])c2ccc3nc(N)nc(N)c3c2)cc1OC. The van der Waals surface area contributed by atoms with E-state index in [0.717, 1.165) is 0 Å². The maximum atomic E-state index is 8.49. The van der Waals surface area contributed by atoms with Crippen LogP contribution in [-0.2, 0) is 6.50 Å². The number of ether oxygens (including phenoxy) is 3. The Hall–Kier alpha value is -3.42. The molecule has 0 aliphatic heterocycles. The van der Waals surface area contributed by atoms with Crippen LogP contribution >= 0.6 is 0 Å². The van der Waals surface area contributed by atoms with E-state index in [1.165, 1.54) is 32.4 Å². The number of hydrogen-bond donors (Lipinski definition) is 3. The highest BCUT2D eigenvalue weighted by Crippen LogP contribution is 2.40. The maximum absolute atomic E-state index is 8.49. The molecule has 8 nitrogen and oxygen atoms in total. The predicted molar refractivity (Wildman–Crippen MR) is 102 cm³/mol. The number of nitrogens with one attached hydrogen (secondary N) is 1. The second kappa shape index (κ2) is 7.22. The Morgan fingerprint density at radius 1 is 1.08 bits per heavy atom. The number of rotatable bonds is 6. The molecule has 136 valence electrons. The summed E-state index contributed by atoms with van der Waals surface area (Å²) < 4.78 is 54.3. The molecule has 0 spiro atoms. The van der Waals surface area contributed by atoms with Crippen molar-refractivity contribution in [3.05, 3.63) is 35.9 Å². The second-order valence-electron chi connectivity index (χ2n) is 5.26. The van der Waals surface area contributed by atoms with Gasteiger partial charge in [-0.15, -0.1) is 0 Å². The van der Waals surface area contributed by atoms with Crippen molar-refractivity contribution in [2.45, 2.75) is 6.50 Å². The molecule has 0 aliphatic rings. The highest BCUT2D eigenvalue weighted by Gasteiger charge is 2.13. The van der Waals surface area contributed by atoms with Gasteiger partial charge in [-0.1, -0.05) is 6.07 Å². The van der Waals surface area contributed by atoms with Gasteiger partial charge in [0.15, 0.2) is 11.5 Å². The Morgan fingerprint density at radius 3 is 2.46 bits per heavy atom. The summed E-state index contributed by atoms with van der Waals surface area (Å²) in [5, 5.41) is 3.19. The van der Waals surface area contributed by atoms with Crippen molar-refractivity contribution < 1.29 is 21.1 Å². The molecule has 0 atom stereocenters. The molecule has 0 bridgehead atoms. The molecule has 0 fully saturated rings. The monoisotopic (exact) mass is 360 g/mol. The van der Waals surface area contributed by atoms with E-state index in [4.69, 9.17) is 32.5 Å². The molecule has 0 aliphatic carbocycles. The molecular weight excluding hydrogens is 334 g/mol. The molecule has 5 N–H and O–H groups in total. The number of aromatic nitrogens is 2. The van der Waals surface area contributed by atoms with Crippen LogP contribution in [0, 0.1) is 0 Å². The quantitative estimate of drug-likeness (QED) is 0.613. The third kappa shape index (κ3) is 3.34. The highest BCUT2D eigenvalue weighted by atomic mass is 16.5. The highest BCUT2D eigenvalue weighted by molar-refractivity contribution is 5.89. The first-order valence-electron chi connectivity index (χ1n) is 10.00. The number of hydrogen-bond acceptors (Lipinski definition) is 8. The summed E-state index contributed by atoms with van der Waals surface area (Å²) in [5.74, 6) is 0.150. The lowest BCUT2D eigenvalue weighted by molar-refractivity contribution is 0.324. The van der Waals surface area contributed by atoms with Gasteiger partial charge in [-0.3, -0.25) is 0 Å². The smallest absolute Gasteiger partial charge is 0.222 e. The fourth-order valence-electron chi connectivity index (χ4n) is 2.45. The Bertz CT molecular complexity index is 1100. The first kappa shape index (κ1) is 12.0. The number of nitrogen functional groups attached to an aromatic ring is 2. The fourth-order valence-corrected chi connectivity index (χ4v) is 2.45. The minimum absolute atomic E-state index is 0.0254. The van der Waals surface area contributed by atoms with Crippen LogP contribution in [0.15, 0.2) is 30.3 Å². The lowest BCUT2D eigenvalue weighted by atomic mass is 10.1. The van der Waals surface area contributed by atoms with Crippen LogP contribution in [0.2, 0.25) is 0 Å². The molecule has 26 heavy (non-hydrogen) atoms. The van der Waals surface area contributed by atoms with Gasteiger partial charge in [-0.2, -0.15) is 4.98 Å². The standard InChI is InChI=1S/C18H21N5O3/c1-24-14-7-11(8-15(25-2)16(14)26-3)21-9-10-4-5-13-12(6-10)17(19)23-18(20)22-13/h4-8,21H,9H2,1-3H3,(H4,19,20,22,23)/i3D3,9D2. The van der Waals surface area contributed by atoms with Gasteiger partial charge in [-0.25, -0.2) is 4.98 Å². The molecule has 0 amide bonds. The van der Waals surface area contributed by atoms with E-state index in [1.807, 2.05) is 0 Å². The lowest BCUT2D eigenvalue weighted by Gasteiger charge is -2.15. The second-order valence-corrected chi connectivity index (χ2v) is 5.26. The van der Waals surface area contributed by atoms with Crippen molar-refractivity contribution >= 4 is 28.4 Å². The molecule has 0 saturated carbocycles. The van der Waals surface area contributed by atoms with Crippen molar-refractivity contribution in [3.63, 3.8) is 0 Å².